The van der Waals surface area contributed by atoms with Crippen LogP contribution in [0.15, 0.2) is 42.5 Å². The second-order valence-corrected chi connectivity index (χ2v) is 7.68. The summed E-state index contributed by atoms with van der Waals surface area (Å²) >= 11 is 0. The summed E-state index contributed by atoms with van der Waals surface area (Å²) in [7, 11) is 0. The van der Waals surface area contributed by atoms with Gasteiger partial charge in [-0.15, -0.1) is 0 Å². The van der Waals surface area contributed by atoms with E-state index in [2.05, 4.69) is 25.2 Å². The number of nitrogens with zero attached hydrogens (tertiary/aromatic N) is 1. The van der Waals surface area contributed by atoms with Crippen molar-refractivity contribution >= 4 is 17.5 Å². The lowest BCUT2D eigenvalue weighted by molar-refractivity contribution is -0.126. The Kier molecular flexibility index (Phi) is 5.43. The fraction of sp³-hybridized carbons (Fsp3) is 0.391. The standard InChI is InChI=1S/C23H26N2O4/c1-3-15(2)18-6-4-5-7-19(18)25-13-17(11-22(25)26)23(27)24-12-16-8-9-20-21(10-16)29-14-28-20/h4-10,15,17H,3,11-14H2,1-2H3,(H,24,27). The quantitative estimate of drug-likeness (QED) is 0.813. The lowest BCUT2D eigenvalue weighted by atomic mass is 9.96. The molecule has 2 heterocycles. The number of amides is 2. The molecule has 1 fully saturated rings. The lowest BCUT2D eigenvalue weighted by Gasteiger charge is -2.23. The van der Waals surface area contributed by atoms with Gasteiger partial charge >= 0.3 is 0 Å². The Morgan fingerprint density at radius 2 is 2.00 bits per heavy atom. The van der Waals surface area contributed by atoms with Gasteiger partial charge in [0.1, 0.15) is 0 Å². The number of anilines is 1. The zero-order chi connectivity index (χ0) is 20.4. The van der Waals surface area contributed by atoms with Crippen LogP contribution in [0.3, 0.4) is 0 Å². The largest absolute Gasteiger partial charge is 0.454 e. The molecule has 2 unspecified atom stereocenters. The second-order valence-electron chi connectivity index (χ2n) is 7.68. The fourth-order valence-electron chi connectivity index (χ4n) is 3.87. The number of fused-ring (bicyclic) bond motifs is 1. The average molecular weight is 394 g/mol. The molecule has 2 atom stereocenters. The molecule has 4 rings (SSSR count). The Labute approximate surface area is 170 Å². The highest BCUT2D eigenvalue weighted by Gasteiger charge is 2.36. The molecule has 2 aromatic carbocycles. The number of ether oxygens (including phenoxy) is 2. The van der Waals surface area contributed by atoms with Crippen LogP contribution in [0.1, 0.15) is 43.7 Å². The van der Waals surface area contributed by atoms with E-state index in [1.165, 1.54) is 0 Å². The van der Waals surface area contributed by atoms with Crippen LogP contribution in [0, 0.1) is 5.92 Å². The number of carbonyl (C=O) groups is 2. The third kappa shape index (κ3) is 3.92. The van der Waals surface area contributed by atoms with Crippen molar-refractivity contribution in [1.29, 1.82) is 0 Å². The van der Waals surface area contributed by atoms with Crippen molar-refractivity contribution in [2.45, 2.75) is 39.2 Å². The predicted octanol–water partition coefficient (Wildman–Crippen LogP) is 3.60. The van der Waals surface area contributed by atoms with Gasteiger partial charge < -0.3 is 19.7 Å². The monoisotopic (exact) mass is 394 g/mol. The van der Waals surface area contributed by atoms with Gasteiger partial charge in [0.2, 0.25) is 18.6 Å². The Morgan fingerprint density at radius 3 is 2.83 bits per heavy atom. The van der Waals surface area contributed by atoms with Gasteiger partial charge in [-0.2, -0.15) is 0 Å². The Balaban J connectivity index is 1.41. The minimum Gasteiger partial charge on any atom is -0.454 e. The van der Waals surface area contributed by atoms with Crippen LogP contribution in [0.25, 0.3) is 0 Å². The van der Waals surface area contributed by atoms with E-state index in [0.29, 0.717) is 24.8 Å². The third-order valence-corrected chi connectivity index (χ3v) is 5.77. The molecule has 0 aromatic heterocycles. The molecule has 6 heteroatoms. The SMILES string of the molecule is CCC(C)c1ccccc1N1CC(C(=O)NCc2ccc3c(c2)OCO3)CC1=O. The van der Waals surface area contributed by atoms with E-state index < -0.39 is 0 Å². The highest BCUT2D eigenvalue weighted by molar-refractivity contribution is 6.00. The van der Waals surface area contributed by atoms with Gasteiger partial charge in [-0.05, 0) is 41.7 Å². The third-order valence-electron chi connectivity index (χ3n) is 5.77. The number of nitrogens with one attached hydrogen (secondary N) is 1. The first-order valence-corrected chi connectivity index (χ1v) is 10.1. The van der Waals surface area contributed by atoms with E-state index >= 15 is 0 Å². The first kappa shape index (κ1) is 19.3. The summed E-state index contributed by atoms with van der Waals surface area (Å²) in [5.41, 5.74) is 3.02. The molecule has 2 aromatic rings. The highest BCUT2D eigenvalue weighted by atomic mass is 16.7. The Hall–Kier alpha value is -3.02. The van der Waals surface area contributed by atoms with E-state index in [1.807, 2.05) is 36.4 Å². The zero-order valence-corrected chi connectivity index (χ0v) is 16.8. The number of hydrogen-bond acceptors (Lipinski definition) is 4. The molecule has 0 radical (unpaired) electrons. The molecule has 0 bridgehead atoms. The number of hydrogen-bond donors (Lipinski definition) is 1. The van der Waals surface area contributed by atoms with Gasteiger partial charge in [-0.1, -0.05) is 38.1 Å². The molecular formula is C23H26N2O4. The lowest BCUT2D eigenvalue weighted by Crippen LogP contribution is -2.32. The van der Waals surface area contributed by atoms with Crippen molar-refractivity contribution in [3.63, 3.8) is 0 Å². The van der Waals surface area contributed by atoms with Crippen LogP contribution in [-0.2, 0) is 16.1 Å². The number of para-hydroxylation sites is 1. The van der Waals surface area contributed by atoms with Crippen molar-refractivity contribution < 1.29 is 19.1 Å². The maximum absolute atomic E-state index is 12.7. The van der Waals surface area contributed by atoms with Gasteiger partial charge in [0.15, 0.2) is 11.5 Å². The van der Waals surface area contributed by atoms with E-state index in [4.69, 9.17) is 9.47 Å². The molecule has 1 N–H and O–H groups in total. The minimum atomic E-state index is -0.346. The average Bonchev–Trinajstić information content (AvgIpc) is 3.37. The van der Waals surface area contributed by atoms with Crippen LogP contribution in [0.5, 0.6) is 11.5 Å². The van der Waals surface area contributed by atoms with Crippen molar-refractivity contribution in [2.24, 2.45) is 5.92 Å². The van der Waals surface area contributed by atoms with E-state index in [0.717, 1.165) is 29.0 Å². The molecule has 6 nitrogen and oxygen atoms in total. The summed E-state index contributed by atoms with van der Waals surface area (Å²) in [6, 6.07) is 13.6. The molecule has 0 saturated carbocycles. The molecule has 0 spiro atoms. The number of benzene rings is 2. The van der Waals surface area contributed by atoms with Crippen LogP contribution >= 0.6 is 0 Å². The maximum atomic E-state index is 12.7. The van der Waals surface area contributed by atoms with E-state index in [1.54, 1.807) is 4.90 Å². The summed E-state index contributed by atoms with van der Waals surface area (Å²) in [5.74, 6) is 1.33. The van der Waals surface area contributed by atoms with Crippen molar-refractivity contribution in [3.8, 4) is 11.5 Å². The van der Waals surface area contributed by atoms with Gasteiger partial charge in [-0.25, -0.2) is 0 Å². The summed E-state index contributed by atoms with van der Waals surface area (Å²) in [6.07, 6.45) is 1.24. The number of rotatable bonds is 6. The normalized spacial score (nSPS) is 18.8. The summed E-state index contributed by atoms with van der Waals surface area (Å²) < 4.78 is 10.7. The molecular weight excluding hydrogens is 368 g/mol. The highest BCUT2D eigenvalue weighted by Crippen LogP contribution is 2.34. The van der Waals surface area contributed by atoms with Gasteiger partial charge in [0, 0.05) is 25.2 Å². The van der Waals surface area contributed by atoms with Crippen molar-refractivity contribution in [3.05, 3.63) is 53.6 Å². The Morgan fingerprint density at radius 1 is 1.21 bits per heavy atom. The Bertz CT molecular complexity index is 927. The number of carbonyl (C=O) groups excluding carboxylic acids is 2. The molecule has 152 valence electrons. The van der Waals surface area contributed by atoms with Gasteiger partial charge in [-0.3, -0.25) is 9.59 Å². The molecule has 2 aliphatic heterocycles. The van der Waals surface area contributed by atoms with Crippen molar-refractivity contribution in [2.75, 3.05) is 18.2 Å². The molecule has 2 aliphatic rings. The summed E-state index contributed by atoms with van der Waals surface area (Å²) in [5, 5.41) is 2.96. The maximum Gasteiger partial charge on any atom is 0.231 e. The first-order chi connectivity index (χ1) is 14.1. The van der Waals surface area contributed by atoms with Gasteiger partial charge in [0.05, 0.1) is 5.92 Å². The summed E-state index contributed by atoms with van der Waals surface area (Å²) in [4.78, 5) is 27.1. The molecule has 1 saturated heterocycles. The van der Waals surface area contributed by atoms with Crippen LogP contribution in [0.4, 0.5) is 5.69 Å². The minimum absolute atomic E-state index is 0.00369. The van der Waals surface area contributed by atoms with E-state index in [-0.39, 0.29) is 30.9 Å². The molecule has 0 aliphatic carbocycles. The molecule has 2 amide bonds. The summed E-state index contributed by atoms with van der Waals surface area (Å²) in [6.45, 7) is 5.33. The fourth-order valence-corrected chi connectivity index (χ4v) is 3.87. The van der Waals surface area contributed by atoms with Crippen LogP contribution in [-0.4, -0.2) is 25.2 Å². The topological polar surface area (TPSA) is 67.9 Å². The predicted molar refractivity (Wildman–Crippen MR) is 110 cm³/mol. The van der Waals surface area contributed by atoms with Crippen LogP contribution < -0.4 is 19.7 Å². The molecule has 29 heavy (non-hydrogen) atoms. The van der Waals surface area contributed by atoms with Crippen molar-refractivity contribution in [1.82, 2.24) is 5.32 Å². The first-order valence-electron chi connectivity index (χ1n) is 10.1. The zero-order valence-electron chi connectivity index (χ0n) is 16.8. The van der Waals surface area contributed by atoms with E-state index in [9.17, 15) is 9.59 Å². The van der Waals surface area contributed by atoms with Gasteiger partial charge in [0.25, 0.3) is 0 Å². The second kappa shape index (κ2) is 8.15. The smallest absolute Gasteiger partial charge is 0.231 e. The van der Waals surface area contributed by atoms with Crippen LogP contribution in [0.2, 0.25) is 0 Å².